The molecular weight excluding hydrogens is 1490 g/mol. The first kappa shape index (κ1) is 89.9. The molecule has 4 saturated heterocycles. The van der Waals surface area contributed by atoms with Gasteiger partial charge in [0.25, 0.3) is 0 Å². The van der Waals surface area contributed by atoms with Crippen LogP contribution < -0.4 is 20.4 Å². The fourth-order valence-corrected chi connectivity index (χ4v) is 17.2. The van der Waals surface area contributed by atoms with Crippen molar-refractivity contribution in [1.29, 1.82) is 0 Å². The van der Waals surface area contributed by atoms with Gasteiger partial charge in [-0.15, -0.1) is 0 Å². The number of halogens is 2. The first-order valence-corrected chi connectivity index (χ1v) is 39.7. The van der Waals surface area contributed by atoms with Gasteiger partial charge in [0, 0.05) is 90.4 Å². The molecule has 6 aliphatic heterocycles. The van der Waals surface area contributed by atoms with Crippen LogP contribution >= 0.6 is 46.7 Å². The third-order valence-corrected chi connectivity index (χ3v) is 24.7. The zero-order valence-corrected chi connectivity index (χ0v) is 69.7. The first-order chi connectivity index (χ1) is 50.9. The second-order valence-electron chi connectivity index (χ2n) is 31.1. The Morgan fingerprint density at radius 2 is 1.04 bits per heavy atom. The molecule has 8 bridgehead atoms. The lowest BCUT2D eigenvalue weighted by molar-refractivity contribution is -0.162. The van der Waals surface area contributed by atoms with Crippen molar-refractivity contribution in [2.24, 2.45) is 11.8 Å². The number of esters is 2. The standard InChI is InChI=1S/C41H60ClN3O10S.C38H54ClN3O10S/c1-23(2)56-39(6,7)16-15-33(47)44(9)26(5)37(49)54-32-20-34(48)45(10)29-19-27(18-28(22-46)35(29)42)17-24(3)13-12-14-31(52-11)41(51)21-30(53-38(50)43-41)25(4)36-40(32,8)55-36;1-21(2)53-14-13-31(44)41(7)24(5)35(46)51-30-18-32(45)42(8)27-17-25(16-26(20-43)33(27)39)15-22(3)11-10-12-29(49-9)38(48)19-28(50-36(47)40-38)23(4)34-37(30,6)52-34/h12-14,18-19,23,25-26,30-32,36,46,51H,15-17,20-22H2,1-11H3,(H,43,50);10-12,16-17,21,23-24,28-30,34,43,48H,13-15,18-20H2,1-9H3,(H,40,47)/b14-12+,24-13+;12-10+,22-11+/t25-,26+,30+,31-,32+,36+,40+,41+;23-,24+,28+,29-,30+,34+,37+,38+/m11/s1. The van der Waals surface area contributed by atoms with Gasteiger partial charge in [-0.2, -0.15) is 23.5 Å². The smallest absolute Gasteiger partial charge is 0.409 e. The Labute approximate surface area is 660 Å². The second kappa shape index (κ2) is 37.6. The molecule has 16 atom stereocenters. The van der Waals surface area contributed by atoms with Gasteiger partial charge in [-0.3, -0.25) is 29.8 Å². The van der Waals surface area contributed by atoms with E-state index >= 15 is 0 Å². The second-order valence-corrected chi connectivity index (χ2v) is 35.9. The number of methoxy groups -OCH3 is 2. The Morgan fingerprint density at radius 3 is 1.39 bits per heavy atom. The van der Waals surface area contributed by atoms with Crippen LogP contribution in [0.25, 0.3) is 0 Å². The molecule has 2 aromatic carbocycles. The number of ether oxygens (including phenoxy) is 8. The zero-order valence-electron chi connectivity index (χ0n) is 66.5. The number of benzene rings is 2. The number of epoxide rings is 2. The lowest BCUT2D eigenvalue weighted by atomic mass is 9.83. The number of anilines is 2. The molecule has 606 valence electrons. The maximum absolute atomic E-state index is 14.2. The summed E-state index contributed by atoms with van der Waals surface area (Å²) in [4.78, 5) is 113. The van der Waals surface area contributed by atoms with Gasteiger partial charge in [-0.25, -0.2) is 19.2 Å². The number of amides is 6. The van der Waals surface area contributed by atoms with E-state index < -0.39 is 131 Å². The number of likely N-dealkylation sites (N-methyl/N-ethyl adjacent to an activating group) is 2. The highest BCUT2D eigenvalue weighted by molar-refractivity contribution is 8.01. The predicted molar refractivity (Wildman–Crippen MR) is 419 cm³/mol. The molecule has 4 fully saturated rings. The number of hydrogen-bond acceptors (Lipinski definition) is 22. The quantitative estimate of drug-likeness (QED) is 0.0432. The number of nitrogens with one attached hydrogen (secondary N) is 2. The molecule has 6 N–H and O–H groups in total. The van der Waals surface area contributed by atoms with E-state index in [-0.39, 0.29) is 78.3 Å². The van der Waals surface area contributed by atoms with Crippen LogP contribution in [0, 0.1) is 11.8 Å². The topological polar surface area (TPSA) is 335 Å². The average molecular weight is 1600 g/mol. The molecule has 6 heterocycles. The third kappa shape index (κ3) is 22.4. The molecule has 0 aromatic heterocycles. The van der Waals surface area contributed by atoms with Gasteiger partial charge in [-0.05, 0) is 106 Å². The van der Waals surface area contributed by atoms with E-state index in [1.807, 2.05) is 39.8 Å². The summed E-state index contributed by atoms with van der Waals surface area (Å²) in [5.41, 5.74) is -1.17. The lowest BCUT2D eigenvalue weighted by Gasteiger charge is -2.42. The maximum atomic E-state index is 14.2. The molecule has 26 nitrogen and oxygen atoms in total. The summed E-state index contributed by atoms with van der Waals surface area (Å²) in [6.45, 7) is 25.8. The molecule has 6 aliphatic rings. The summed E-state index contributed by atoms with van der Waals surface area (Å²) >= 11 is 16.9. The van der Waals surface area contributed by atoms with Crippen molar-refractivity contribution in [2.75, 3.05) is 58.0 Å². The van der Waals surface area contributed by atoms with Gasteiger partial charge in [-0.1, -0.05) is 138 Å². The number of nitrogens with zero attached hydrogens (tertiary/aromatic N) is 4. The molecule has 0 unspecified atom stereocenters. The van der Waals surface area contributed by atoms with Crippen molar-refractivity contribution < 1.29 is 96.7 Å². The minimum atomic E-state index is -1.84. The SMILES string of the molecule is CO[C@@H]1/C=C/C=C(\C)Cc2cc(CO)c(Cl)c(c2)N(C)C(=O)C[C@H](OC(=O)[C@H](C)N(C)C(=O)CCC(C)(C)SC(C)C)[C@]2(C)O[C@H]2[C@H](C)[C@@H]2C[C@@]1(O)NC(=O)O2.CO[C@@H]1/C=C/C=C(\C)Cc2cc(CO)c(Cl)c(c2)N(C)C(=O)C[C@H](OC(=O)[C@H](C)N(C)C(=O)CCSC(C)C)[C@]2(C)O[C@H]2[C@H](C)[C@@H]2C[C@@]1(O)NC(=O)O2. The van der Waals surface area contributed by atoms with E-state index in [0.29, 0.717) is 58.0 Å². The molecule has 6 amide bonds. The van der Waals surface area contributed by atoms with Crippen LogP contribution in [0.5, 0.6) is 0 Å². The van der Waals surface area contributed by atoms with E-state index in [1.165, 1.54) is 33.8 Å². The highest BCUT2D eigenvalue weighted by Gasteiger charge is 2.66. The number of aliphatic hydroxyl groups is 4. The van der Waals surface area contributed by atoms with E-state index in [1.54, 1.807) is 142 Å². The third-order valence-electron chi connectivity index (χ3n) is 21.4. The Bertz CT molecular complexity index is 3780. The summed E-state index contributed by atoms with van der Waals surface area (Å²) in [7, 11) is 9.07. The van der Waals surface area contributed by atoms with Gasteiger partial charge in [0.15, 0.2) is 11.4 Å². The molecule has 0 radical (unpaired) electrons. The van der Waals surface area contributed by atoms with Gasteiger partial charge in [0.1, 0.15) is 59.9 Å². The van der Waals surface area contributed by atoms with Crippen molar-refractivity contribution >= 4 is 106 Å². The molecule has 2 aromatic rings. The fraction of sp³-hybridized carbons (Fsp3) is 0.646. The van der Waals surface area contributed by atoms with E-state index in [2.05, 4.69) is 38.3 Å². The highest BCUT2D eigenvalue weighted by Crippen LogP contribution is 2.51. The van der Waals surface area contributed by atoms with Crippen LogP contribution in [0.1, 0.15) is 164 Å². The van der Waals surface area contributed by atoms with Gasteiger partial charge in [0.2, 0.25) is 23.6 Å². The average Bonchev–Trinajstić information content (AvgIpc) is 1.58. The van der Waals surface area contributed by atoms with Crippen LogP contribution in [0.3, 0.4) is 0 Å². The van der Waals surface area contributed by atoms with Crippen molar-refractivity contribution in [3.8, 4) is 0 Å². The van der Waals surface area contributed by atoms with E-state index in [9.17, 15) is 58.8 Å². The number of alkyl carbamates (subject to hydrolysis) is 2. The number of allylic oxidation sites excluding steroid dienone is 6. The summed E-state index contributed by atoms with van der Waals surface area (Å²) in [6.07, 6.45) is 2.72. The molecule has 0 aliphatic carbocycles. The van der Waals surface area contributed by atoms with Crippen LogP contribution in [-0.4, -0.2) is 225 Å². The van der Waals surface area contributed by atoms with Crippen molar-refractivity contribution in [1.82, 2.24) is 20.4 Å². The minimum Gasteiger partial charge on any atom is -0.457 e. The number of aliphatic hydroxyl groups excluding tert-OH is 2. The fourth-order valence-electron chi connectivity index (χ4n) is 14.4. The molecule has 30 heteroatoms. The first-order valence-electron chi connectivity index (χ1n) is 37.0. The maximum Gasteiger partial charge on any atom is 0.409 e. The van der Waals surface area contributed by atoms with Crippen LogP contribution in [0.4, 0.5) is 21.0 Å². The number of fused-ring (bicyclic) bond motifs is 10. The number of thioether (sulfide) groups is 2. The summed E-state index contributed by atoms with van der Waals surface area (Å²) in [5, 5.41) is 50.0. The monoisotopic (exact) mass is 1600 g/mol. The lowest BCUT2D eigenvalue weighted by Crippen LogP contribution is -2.63. The number of carbonyl (C=O) groups excluding carboxylic acids is 8. The number of hydrogen-bond donors (Lipinski definition) is 6. The Balaban J connectivity index is 0.000000304. The van der Waals surface area contributed by atoms with Crippen molar-refractivity contribution in [3.63, 3.8) is 0 Å². The molecule has 109 heavy (non-hydrogen) atoms. The largest absolute Gasteiger partial charge is 0.457 e. The van der Waals surface area contributed by atoms with E-state index in [4.69, 9.17) is 61.1 Å². The summed E-state index contributed by atoms with van der Waals surface area (Å²) in [6, 6.07) is 5.12. The van der Waals surface area contributed by atoms with Gasteiger partial charge >= 0.3 is 24.1 Å². The Kier molecular flexibility index (Phi) is 31.0. The van der Waals surface area contributed by atoms with Crippen molar-refractivity contribution in [3.05, 3.63) is 104 Å². The van der Waals surface area contributed by atoms with E-state index in [0.717, 1.165) is 22.3 Å². The molecule has 0 spiro atoms. The summed E-state index contributed by atoms with van der Waals surface area (Å²) in [5.74, 6) is -3.24. The van der Waals surface area contributed by atoms with Gasteiger partial charge in [0.05, 0.1) is 59.7 Å². The normalized spacial score (nSPS) is 31.0. The minimum absolute atomic E-state index is 0.0547. The molecular formula is C79H114Cl2N6O20S2. The van der Waals surface area contributed by atoms with Crippen LogP contribution in [-0.2, 0) is 92.7 Å². The molecule has 8 rings (SSSR count). The van der Waals surface area contributed by atoms with Crippen LogP contribution in [0.15, 0.2) is 71.9 Å². The van der Waals surface area contributed by atoms with Crippen LogP contribution in [0.2, 0.25) is 10.0 Å². The summed E-state index contributed by atoms with van der Waals surface area (Å²) < 4.78 is 47.2. The zero-order chi connectivity index (χ0) is 81.3. The number of carbonyl (C=O) groups is 8. The molecule has 0 saturated carbocycles. The Morgan fingerprint density at radius 1 is 0.651 bits per heavy atom. The number of rotatable bonds is 19. The highest BCUT2D eigenvalue weighted by atomic mass is 35.5. The van der Waals surface area contributed by atoms with Crippen molar-refractivity contribution in [2.45, 2.75) is 267 Å². The predicted octanol–water partition coefficient (Wildman–Crippen LogP) is 10.2. The Hall–Kier alpha value is -6.28. The van der Waals surface area contributed by atoms with Gasteiger partial charge < -0.3 is 77.9 Å².